The van der Waals surface area contributed by atoms with Crippen LogP contribution in [0.25, 0.3) is 11.1 Å². The molecule has 0 N–H and O–H groups in total. The van der Waals surface area contributed by atoms with Gasteiger partial charge in [0.1, 0.15) is 5.82 Å². The highest BCUT2D eigenvalue weighted by Gasteiger charge is 2.43. The second kappa shape index (κ2) is 7.16. The normalized spacial score (nSPS) is 21.5. The van der Waals surface area contributed by atoms with Crippen molar-refractivity contribution in [2.75, 3.05) is 19.6 Å². The van der Waals surface area contributed by atoms with Crippen LogP contribution in [0.5, 0.6) is 0 Å². The molecule has 0 aliphatic carbocycles. The van der Waals surface area contributed by atoms with Gasteiger partial charge in [0.15, 0.2) is 0 Å². The molecule has 0 saturated carbocycles. The molecule has 5 rings (SSSR count). The zero-order valence-corrected chi connectivity index (χ0v) is 17.5. The summed E-state index contributed by atoms with van der Waals surface area (Å²) in [6.45, 7) is 8.95. The van der Waals surface area contributed by atoms with Crippen molar-refractivity contribution in [1.29, 1.82) is 0 Å². The fourth-order valence-electron chi connectivity index (χ4n) is 4.96. The van der Waals surface area contributed by atoms with Gasteiger partial charge in [0.05, 0.1) is 16.6 Å². The molecule has 2 aliphatic rings. The minimum atomic E-state index is -0.187. The number of carbonyl (C=O) groups excluding carboxylic acids is 1. The number of aryl methyl sites for hydroxylation is 3. The van der Waals surface area contributed by atoms with Crippen molar-refractivity contribution in [3.05, 3.63) is 58.2 Å². The van der Waals surface area contributed by atoms with E-state index in [1.165, 1.54) is 11.6 Å². The molecule has 6 nitrogen and oxygen atoms in total. The van der Waals surface area contributed by atoms with Crippen LogP contribution >= 0.6 is 0 Å². The Bertz CT molecular complexity index is 1140. The molecule has 156 valence electrons. The molecule has 2 aromatic heterocycles. The van der Waals surface area contributed by atoms with E-state index in [1.807, 2.05) is 37.8 Å². The number of pyridine rings is 1. The summed E-state index contributed by atoms with van der Waals surface area (Å²) in [5.74, 6) is 0.321. The van der Waals surface area contributed by atoms with Gasteiger partial charge in [-0.1, -0.05) is 11.2 Å². The number of halogens is 1. The smallest absolute Gasteiger partial charge is 0.258 e. The van der Waals surface area contributed by atoms with Crippen LogP contribution in [0.15, 0.2) is 28.8 Å². The number of amides is 1. The van der Waals surface area contributed by atoms with Crippen LogP contribution < -0.4 is 0 Å². The number of hydrogen-bond acceptors (Lipinski definition) is 5. The van der Waals surface area contributed by atoms with E-state index < -0.39 is 0 Å². The third-order valence-electron chi connectivity index (χ3n) is 6.57. The van der Waals surface area contributed by atoms with Crippen LogP contribution in [-0.4, -0.2) is 51.5 Å². The molecule has 1 amide bonds. The van der Waals surface area contributed by atoms with Gasteiger partial charge in [-0.25, -0.2) is 9.37 Å². The van der Waals surface area contributed by atoms with Gasteiger partial charge >= 0.3 is 0 Å². The fraction of sp³-hybridized carbons (Fsp3) is 0.435. The molecular weight excluding hydrogens is 383 g/mol. The first kappa shape index (κ1) is 19.2. The molecule has 2 aliphatic heterocycles. The highest BCUT2D eigenvalue weighted by molar-refractivity contribution is 6.06. The Balaban J connectivity index is 1.29. The van der Waals surface area contributed by atoms with E-state index in [0.29, 0.717) is 28.9 Å². The first-order valence-corrected chi connectivity index (χ1v) is 10.4. The first-order valence-electron chi connectivity index (χ1n) is 10.4. The van der Waals surface area contributed by atoms with Crippen molar-refractivity contribution in [3.8, 4) is 0 Å². The predicted octanol–water partition coefficient (Wildman–Crippen LogP) is 3.63. The number of nitrogens with zero attached hydrogens (tertiary/aromatic N) is 4. The summed E-state index contributed by atoms with van der Waals surface area (Å²) in [4.78, 5) is 22.1. The zero-order valence-electron chi connectivity index (χ0n) is 17.5. The van der Waals surface area contributed by atoms with Crippen molar-refractivity contribution in [3.63, 3.8) is 0 Å². The average Bonchev–Trinajstić information content (AvgIpc) is 3.06. The van der Waals surface area contributed by atoms with Gasteiger partial charge in [-0.15, -0.1) is 0 Å². The maximum Gasteiger partial charge on any atom is 0.258 e. The van der Waals surface area contributed by atoms with Crippen molar-refractivity contribution in [2.45, 2.75) is 39.8 Å². The van der Waals surface area contributed by atoms with E-state index in [2.05, 4.69) is 15.0 Å². The minimum Gasteiger partial charge on any atom is -0.338 e. The van der Waals surface area contributed by atoms with E-state index in [-0.39, 0.29) is 11.7 Å². The lowest BCUT2D eigenvalue weighted by Gasteiger charge is -2.53. The van der Waals surface area contributed by atoms with Crippen LogP contribution in [0, 0.1) is 32.5 Å². The molecule has 3 aromatic rings. The summed E-state index contributed by atoms with van der Waals surface area (Å²) in [7, 11) is 0. The largest absolute Gasteiger partial charge is 0.338 e. The zero-order chi connectivity index (χ0) is 21.0. The summed E-state index contributed by atoms with van der Waals surface area (Å²) in [5, 5.41) is 4.70. The molecule has 7 heteroatoms. The molecule has 0 radical (unpaired) electrons. The summed E-state index contributed by atoms with van der Waals surface area (Å²) in [5.41, 5.74) is 4.67. The average molecular weight is 408 g/mol. The molecule has 0 spiro atoms. The van der Waals surface area contributed by atoms with Crippen LogP contribution in [0.3, 0.4) is 0 Å². The monoisotopic (exact) mass is 408 g/mol. The Morgan fingerprint density at radius 1 is 1.23 bits per heavy atom. The third-order valence-corrected chi connectivity index (χ3v) is 6.57. The Kier molecular flexibility index (Phi) is 4.58. The topological polar surface area (TPSA) is 62.5 Å². The molecule has 0 bridgehead atoms. The fourth-order valence-corrected chi connectivity index (χ4v) is 4.96. The van der Waals surface area contributed by atoms with Gasteiger partial charge in [-0.3, -0.25) is 9.69 Å². The van der Waals surface area contributed by atoms with E-state index in [4.69, 9.17) is 4.52 Å². The van der Waals surface area contributed by atoms with Crippen LogP contribution in [0.1, 0.15) is 39.3 Å². The quantitative estimate of drug-likeness (QED) is 0.662. The van der Waals surface area contributed by atoms with E-state index >= 15 is 0 Å². The van der Waals surface area contributed by atoms with Crippen molar-refractivity contribution < 1.29 is 13.7 Å². The Hall–Kier alpha value is -2.80. The lowest BCUT2D eigenvalue weighted by atomic mass is 9.82. The first-order chi connectivity index (χ1) is 14.4. The van der Waals surface area contributed by atoms with Crippen molar-refractivity contribution in [2.24, 2.45) is 5.92 Å². The maximum atomic E-state index is 13.4. The number of benzene rings is 1. The molecule has 0 unspecified atom stereocenters. The van der Waals surface area contributed by atoms with Gasteiger partial charge in [-0.05, 0) is 56.5 Å². The van der Waals surface area contributed by atoms with Crippen molar-refractivity contribution in [1.82, 2.24) is 19.9 Å². The van der Waals surface area contributed by atoms with E-state index in [1.54, 1.807) is 6.07 Å². The Labute approximate surface area is 174 Å². The molecule has 2 fully saturated rings. The van der Waals surface area contributed by atoms with Crippen LogP contribution in [0.2, 0.25) is 0 Å². The van der Waals surface area contributed by atoms with E-state index in [9.17, 15) is 9.18 Å². The maximum absolute atomic E-state index is 13.4. The lowest BCUT2D eigenvalue weighted by Crippen LogP contribution is -2.63. The van der Waals surface area contributed by atoms with Gasteiger partial charge in [0.2, 0.25) is 0 Å². The number of hydrogen-bond donors (Lipinski definition) is 0. The van der Waals surface area contributed by atoms with E-state index in [0.717, 1.165) is 49.2 Å². The number of piperidine rings is 1. The summed E-state index contributed by atoms with van der Waals surface area (Å²) >= 11 is 0. The second-order valence-corrected chi connectivity index (χ2v) is 8.63. The number of carbonyl (C=O) groups is 1. The molecule has 30 heavy (non-hydrogen) atoms. The predicted molar refractivity (Wildman–Crippen MR) is 111 cm³/mol. The molecule has 1 aromatic carbocycles. The van der Waals surface area contributed by atoms with Crippen LogP contribution in [0.4, 0.5) is 4.39 Å². The molecule has 2 atom stereocenters. The molecule has 2 saturated heterocycles. The standard InChI is InChI=1S/C23H25FN4O2/c1-13-8-18(24)5-4-16(13)10-28-12-17-11-27(7-6-20(17)28)23(29)19-9-14(2)25-22-21(19)15(3)26-30-22/h4-5,8-9,17,20H,6-7,10-12H2,1-3H3/t17-,20-/m0/s1. The minimum absolute atomic E-state index is 0.0306. The highest BCUT2D eigenvalue weighted by Crippen LogP contribution is 2.35. The number of aromatic nitrogens is 2. The van der Waals surface area contributed by atoms with Gasteiger partial charge in [0, 0.05) is 43.8 Å². The van der Waals surface area contributed by atoms with Gasteiger partial charge in [-0.2, -0.15) is 0 Å². The SMILES string of the molecule is Cc1cc(C(=O)N2CC[C@H]3[C@@H](C2)CN3Cc2ccc(F)cc2C)c2c(C)noc2n1. The summed E-state index contributed by atoms with van der Waals surface area (Å²) < 4.78 is 18.7. The second-order valence-electron chi connectivity index (χ2n) is 8.63. The molecule has 4 heterocycles. The number of fused-ring (bicyclic) bond motifs is 2. The lowest BCUT2D eigenvalue weighted by molar-refractivity contribution is -0.0422. The Morgan fingerprint density at radius 3 is 2.83 bits per heavy atom. The van der Waals surface area contributed by atoms with Crippen LogP contribution in [-0.2, 0) is 6.54 Å². The number of likely N-dealkylation sites (tertiary alicyclic amines) is 2. The van der Waals surface area contributed by atoms with Gasteiger partial charge in [0.25, 0.3) is 11.6 Å². The highest BCUT2D eigenvalue weighted by atomic mass is 19.1. The summed E-state index contributed by atoms with van der Waals surface area (Å²) in [6.07, 6.45) is 0.951. The molecular formula is C23H25FN4O2. The summed E-state index contributed by atoms with van der Waals surface area (Å²) in [6, 6.07) is 7.33. The Morgan fingerprint density at radius 2 is 2.07 bits per heavy atom. The number of rotatable bonds is 3. The van der Waals surface area contributed by atoms with Gasteiger partial charge < -0.3 is 9.42 Å². The third kappa shape index (κ3) is 3.17. The van der Waals surface area contributed by atoms with Crippen molar-refractivity contribution >= 4 is 17.0 Å².